The van der Waals surface area contributed by atoms with Gasteiger partial charge >= 0.3 is 0 Å². The maximum Gasteiger partial charge on any atom is 0.119 e. The summed E-state index contributed by atoms with van der Waals surface area (Å²) in [6.07, 6.45) is 6.10. The van der Waals surface area contributed by atoms with Crippen molar-refractivity contribution in [2.75, 3.05) is 19.7 Å². The Morgan fingerprint density at radius 1 is 1.22 bits per heavy atom. The summed E-state index contributed by atoms with van der Waals surface area (Å²) in [4.78, 5) is 9.64. The first-order valence-corrected chi connectivity index (χ1v) is 8.37. The average Bonchev–Trinajstić information content (AvgIpc) is 3.10. The quantitative estimate of drug-likeness (QED) is 0.853. The predicted molar refractivity (Wildman–Crippen MR) is 89.3 cm³/mol. The zero-order valence-corrected chi connectivity index (χ0v) is 13.7. The highest BCUT2D eigenvalue weighted by molar-refractivity contribution is 5.27. The Kier molecular flexibility index (Phi) is 5.66. The number of nitrogens with zero attached hydrogens (tertiary/aromatic N) is 2. The molecule has 2 aromatic rings. The van der Waals surface area contributed by atoms with Crippen molar-refractivity contribution in [1.29, 1.82) is 0 Å². The molecule has 1 fully saturated rings. The molecule has 5 heteroatoms. The van der Waals surface area contributed by atoms with Crippen molar-refractivity contribution < 1.29 is 9.47 Å². The lowest BCUT2D eigenvalue weighted by Gasteiger charge is -2.31. The fourth-order valence-corrected chi connectivity index (χ4v) is 2.92. The summed E-state index contributed by atoms with van der Waals surface area (Å²) in [5.74, 6) is 0.946. The van der Waals surface area contributed by atoms with Crippen LogP contribution in [0.5, 0.6) is 5.75 Å². The van der Waals surface area contributed by atoms with E-state index < -0.39 is 0 Å². The molecular formula is C18H25N3O2. The van der Waals surface area contributed by atoms with Crippen molar-refractivity contribution in [3.8, 4) is 5.75 Å². The molecule has 1 aliphatic rings. The van der Waals surface area contributed by atoms with Crippen molar-refractivity contribution in [1.82, 2.24) is 14.9 Å². The number of nitrogens with one attached hydrogen (secondary N) is 1. The van der Waals surface area contributed by atoms with Gasteiger partial charge < -0.3 is 14.5 Å². The third-order valence-electron chi connectivity index (χ3n) is 4.20. The standard InChI is InChI=1S/C18H25N3O2/c1-2-22-17-5-3-15(4-6-17)12-21-9-7-18(8-10-21)23-13-16-11-19-14-20-16/h3-6,11,14,18H,2,7-10,12-13H2,1H3,(H,19,20). The van der Waals surface area contributed by atoms with Crippen LogP contribution in [0.1, 0.15) is 31.0 Å². The second kappa shape index (κ2) is 8.13. The van der Waals surface area contributed by atoms with Crippen molar-refractivity contribution in [2.45, 2.75) is 39.0 Å². The number of hydrogen-bond donors (Lipinski definition) is 1. The van der Waals surface area contributed by atoms with E-state index in [0.29, 0.717) is 19.3 Å². The molecule has 0 atom stereocenters. The Morgan fingerprint density at radius 3 is 2.65 bits per heavy atom. The zero-order chi connectivity index (χ0) is 15.9. The zero-order valence-electron chi connectivity index (χ0n) is 13.7. The molecule has 5 nitrogen and oxygen atoms in total. The molecule has 0 radical (unpaired) electrons. The second-order valence-corrected chi connectivity index (χ2v) is 5.92. The normalized spacial score (nSPS) is 16.6. The van der Waals surface area contributed by atoms with E-state index in [4.69, 9.17) is 9.47 Å². The topological polar surface area (TPSA) is 50.4 Å². The van der Waals surface area contributed by atoms with E-state index in [0.717, 1.165) is 43.9 Å². The number of H-pyrrole nitrogens is 1. The fraction of sp³-hybridized carbons (Fsp3) is 0.500. The maximum absolute atomic E-state index is 5.94. The van der Waals surface area contributed by atoms with Gasteiger partial charge in [0.15, 0.2) is 0 Å². The van der Waals surface area contributed by atoms with Crippen LogP contribution < -0.4 is 4.74 Å². The van der Waals surface area contributed by atoms with Crippen LogP contribution >= 0.6 is 0 Å². The third-order valence-corrected chi connectivity index (χ3v) is 4.20. The molecule has 0 unspecified atom stereocenters. The van der Waals surface area contributed by atoms with E-state index in [1.54, 1.807) is 6.33 Å². The van der Waals surface area contributed by atoms with Crippen LogP contribution in [0.3, 0.4) is 0 Å². The summed E-state index contributed by atoms with van der Waals surface area (Å²) < 4.78 is 11.4. The summed E-state index contributed by atoms with van der Waals surface area (Å²) >= 11 is 0. The summed E-state index contributed by atoms with van der Waals surface area (Å²) in [7, 11) is 0. The number of piperidine rings is 1. The number of rotatable bonds is 7. The van der Waals surface area contributed by atoms with Crippen LogP contribution in [0.4, 0.5) is 0 Å². The first-order valence-electron chi connectivity index (χ1n) is 8.37. The van der Waals surface area contributed by atoms with E-state index in [1.807, 2.05) is 13.1 Å². The molecule has 0 bridgehead atoms. The van der Waals surface area contributed by atoms with Gasteiger partial charge in [0.1, 0.15) is 5.75 Å². The predicted octanol–water partition coefficient (Wildman–Crippen LogP) is 2.99. The number of hydrogen-bond acceptors (Lipinski definition) is 4. The molecule has 1 saturated heterocycles. The van der Waals surface area contributed by atoms with E-state index in [9.17, 15) is 0 Å². The fourth-order valence-electron chi connectivity index (χ4n) is 2.92. The summed E-state index contributed by atoms with van der Waals surface area (Å²) in [5, 5.41) is 0. The minimum absolute atomic E-state index is 0.350. The minimum atomic E-state index is 0.350. The Hall–Kier alpha value is -1.85. The molecule has 0 aliphatic carbocycles. The van der Waals surface area contributed by atoms with Crippen molar-refractivity contribution in [3.63, 3.8) is 0 Å². The third kappa shape index (κ3) is 4.81. The van der Waals surface area contributed by atoms with Gasteiger partial charge in [0.2, 0.25) is 0 Å². The van der Waals surface area contributed by atoms with Crippen molar-refractivity contribution in [2.24, 2.45) is 0 Å². The molecule has 124 valence electrons. The van der Waals surface area contributed by atoms with Gasteiger partial charge in [0.05, 0.1) is 31.3 Å². The summed E-state index contributed by atoms with van der Waals surface area (Å²) in [5.41, 5.74) is 2.31. The highest BCUT2D eigenvalue weighted by atomic mass is 16.5. The molecule has 0 amide bonds. The largest absolute Gasteiger partial charge is 0.494 e. The van der Waals surface area contributed by atoms with Gasteiger partial charge in [0, 0.05) is 25.8 Å². The molecule has 1 aromatic heterocycles. The Labute approximate surface area is 137 Å². The van der Waals surface area contributed by atoms with Gasteiger partial charge in [-0.25, -0.2) is 4.98 Å². The molecule has 1 aromatic carbocycles. The Balaban J connectivity index is 1.40. The minimum Gasteiger partial charge on any atom is -0.494 e. The van der Waals surface area contributed by atoms with Gasteiger partial charge in [-0.05, 0) is 37.5 Å². The molecule has 1 N–H and O–H groups in total. The summed E-state index contributed by atoms with van der Waals surface area (Å²) in [6, 6.07) is 8.42. The van der Waals surface area contributed by atoms with Gasteiger partial charge in [-0.3, -0.25) is 4.90 Å². The first-order chi connectivity index (χ1) is 11.3. The number of likely N-dealkylation sites (tertiary alicyclic amines) is 1. The Morgan fingerprint density at radius 2 is 2.00 bits per heavy atom. The van der Waals surface area contributed by atoms with E-state index in [-0.39, 0.29) is 0 Å². The number of imidazole rings is 1. The van der Waals surface area contributed by atoms with Gasteiger partial charge in [-0.2, -0.15) is 0 Å². The maximum atomic E-state index is 5.94. The highest BCUT2D eigenvalue weighted by Gasteiger charge is 2.19. The highest BCUT2D eigenvalue weighted by Crippen LogP contribution is 2.19. The van der Waals surface area contributed by atoms with Crippen LogP contribution in [0.2, 0.25) is 0 Å². The van der Waals surface area contributed by atoms with E-state index in [1.165, 1.54) is 5.56 Å². The van der Waals surface area contributed by atoms with Gasteiger partial charge in [-0.1, -0.05) is 12.1 Å². The van der Waals surface area contributed by atoms with Crippen molar-refractivity contribution in [3.05, 3.63) is 48.0 Å². The molecular weight excluding hydrogens is 290 g/mol. The molecule has 0 saturated carbocycles. The lowest BCUT2D eigenvalue weighted by molar-refractivity contribution is -0.00511. The molecule has 2 heterocycles. The van der Waals surface area contributed by atoms with Crippen LogP contribution in [-0.4, -0.2) is 40.7 Å². The lowest BCUT2D eigenvalue weighted by atomic mass is 10.1. The number of ether oxygens (including phenoxy) is 2. The van der Waals surface area contributed by atoms with Crippen molar-refractivity contribution >= 4 is 0 Å². The second-order valence-electron chi connectivity index (χ2n) is 5.92. The van der Waals surface area contributed by atoms with Crippen LogP contribution in [-0.2, 0) is 17.9 Å². The molecule has 1 aliphatic heterocycles. The molecule has 3 rings (SSSR count). The number of aromatic amines is 1. The van der Waals surface area contributed by atoms with Gasteiger partial charge in [-0.15, -0.1) is 0 Å². The summed E-state index contributed by atoms with van der Waals surface area (Å²) in [6.45, 7) is 6.49. The SMILES string of the molecule is CCOc1ccc(CN2CCC(OCc3c[nH]cn3)CC2)cc1. The lowest BCUT2D eigenvalue weighted by Crippen LogP contribution is -2.36. The number of benzene rings is 1. The van der Waals surface area contributed by atoms with Crippen LogP contribution in [0, 0.1) is 0 Å². The van der Waals surface area contributed by atoms with Crippen LogP contribution in [0.25, 0.3) is 0 Å². The van der Waals surface area contributed by atoms with E-state index >= 15 is 0 Å². The van der Waals surface area contributed by atoms with Crippen LogP contribution in [0.15, 0.2) is 36.8 Å². The number of aromatic nitrogens is 2. The molecule has 0 spiro atoms. The monoisotopic (exact) mass is 315 g/mol. The first kappa shape index (κ1) is 16.0. The average molecular weight is 315 g/mol. The molecule has 23 heavy (non-hydrogen) atoms. The van der Waals surface area contributed by atoms with E-state index in [2.05, 4.69) is 39.1 Å². The smallest absolute Gasteiger partial charge is 0.119 e. The Bertz CT molecular complexity index is 560. The van der Waals surface area contributed by atoms with Gasteiger partial charge in [0.25, 0.3) is 0 Å².